The molecular formula is C14H13O4P. The Balaban J connectivity index is 2.29. The number of carbonyl (C=O) groups excluding carboxylic acids is 1. The maximum atomic E-state index is 12.2. The van der Waals surface area contributed by atoms with Crippen molar-refractivity contribution >= 4 is 19.0 Å². The van der Waals surface area contributed by atoms with Crippen molar-refractivity contribution in [1.82, 2.24) is 0 Å². The topological polar surface area (TPSA) is 66.8 Å². The third-order valence-corrected chi connectivity index (χ3v) is 4.05. The second kappa shape index (κ2) is 5.83. The Kier molecular flexibility index (Phi) is 4.15. The van der Waals surface area contributed by atoms with Crippen molar-refractivity contribution in [2.45, 2.75) is 0 Å². The average Bonchev–Trinajstić information content (AvgIpc) is 2.47. The van der Waals surface area contributed by atoms with Crippen molar-refractivity contribution in [2.75, 3.05) is 7.11 Å². The molecule has 4 nitrogen and oxygen atoms in total. The first-order valence-electron chi connectivity index (χ1n) is 5.59. The zero-order chi connectivity index (χ0) is 13.8. The fourth-order valence-corrected chi connectivity index (χ4v) is 2.69. The number of aromatic hydroxyl groups is 1. The highest BCUT2D eigenvalue weighted by Gasteiger charge is 2.20. The number of phenolic OH excluding ortho intramolecular Hbond substituents is 1. The molecule has 0 radical (unpaired) electrons. The van der Waals surface area contributed by atoms with Gasteiger partial charge in [-0.15, -0.1) is 0 Å². The van der Waals surface area contributed by atoms with Crippen LogP contribution < -0.4 is 10.0 Å². The lowest BCUT2D eigenvalue weighted by Gasteiger charge is -2.10. The molecule has 0 fully saturated rings. The number of methoxy groups -OCH3 is 1. The van der Waals surface area contributed by atoms with Crippen molar-refractivity contribution in [2.24, 2.45) is 0 Å². The molecule has 1 unspecified atom stereocenters. The molecule has 0 saturated heterocycles. The van der Waals surface area contributed by atoms with Crippen LogP contribution in [0.1, 0.15) is 10.4 Å². The van der Waals surface area contributed by atoms with Crippen LogP contribution in [0.3, 0.4) is 0 Å². The lowest BCUT2D eigenvalue weighted by Crippen LogP contribution is -2.08. The van der Waals surface area contributed by atoms with Gasteiger partial charge < -0.3 is 14.7 Å². The van der Waals surface area contributed by atoms with E-state index in [4.69, 9.17) is 4.74 Å². The fraction of sp³-hybridized carbons (Fsp3) is 0.0714. The van der Waals surface area contributed by atoms with Crippen LogP contribution in [0.15, 0.2) is 48.5 Å². The van der Waals surface area contributed by atoms with Crippen molar-refractivity contribution in [3.8, 4) is 11.5 Å². The van der Waals surface area contributed by atoms with Gasteiger partial charge in [0.25, 0.3) is 0 Å². The molecule has 98 valence electrons. The first kappa shape index (κ1) is 13.5. The summed E-state index contributed by atoms with van der Waals surface area (Å²) in [5.41, 5.74) is -0.0633. The predicted octanol–water partition coefficient (Wildman–Crippen LogP) is 2.26. The zero-order valence-electron chi connectivity index (χ0n) is 10.3. The van der Waals surface area contributed by atoms with E-state index in [1.54, 1.807) is 24.3 Å². The highest BCUT2D eigenvalue weighted by molar-refractivity contribution is 7.77. The van der Waals surface area contributed by atoms with Crippen LogP contribution >= 0.6 is 8.15 Å². The number of rotatable bonds is 4. The van der Waals surface area contributed by atoms with E-state index in [-0.39, 0.29) is 17.0 Å². The first-order chi connectivity index (χ1) is 9.13. The highest BCUT2D eigenvalue weighted by atomic mass is 31.1. The van der Waals surface area contributed by atoms with Crippen LogP contribution in [0.4, 0.5) is 0 Å². The number of hydrogen-bond donors (Lipinski definition) is 2. The SMILES string of the molecule is COc1cc(C(=O)P(O)c2ccccc2)ccc1O. The Bertz CT molecular complexity index is 583. The number of ether oxygens (including phenoxy) is 1. The summed E-state index contributed by atoms with van der Waals surface area (Å²) in [7, 11) is -0.511. The summed E-state index contributed by atoms with van der Waals surface area (Å²) < 4.78 is 4.94. The van der Waals surface area contributed by atoms with Crippen molar-refractivity contribution < 1.29 is 19.5 Å². The van der Waals surface area contributed by atoms with E-state index in [1.165, 1.54) is 25.3 Å². The summed E-state index contributed by atoms with van der Waals surface area (Å²) in [4.78, 5) is 22.3. The van der Waals surface area contributed by atoms with Gasteiger partial charge in [0.15, 0.2) is 11.5 Å². The van der Waals surface area contributed by atoms with Crippen LogP contribution in [-0.4, -0.2) is 22.6 Å². The maximum Gasteiger partial charge on any atom is 0.216 e. The third-order valence-electron chi connectivity index (χ3n) is 2.62. The quantitative estimate of drug-likeness (QED) is 0.840. The molecule has 0 amide bonds. The summed E-state index contributed by atoms with van der Waals surface area (Å²) >= 11 is 0. The minimum absolute atomic E-state index is 0.0407. The molecule has 0 heterocycles. The molecule has 0 aliphatic rings. The fourth-order valence-electron chi connectivity index (χ4n) is 1.62. The van der Waals surface area contributed by atoms with E-state index in [1.807, 2.05) is 6.07 Å². The Hall–Kier alpha value is -1.90. The van der Waals surface area contributed by atoms with Crippen LogP contribution in [0.5, 0.6) is 11.5 Å². The van der Waals surface area contributed by atoms with Crippen LogP contribution in [0, 0.1) is 0 Å². The molecule has 2 N–H and O–H groups in total. The summed E-state index contributed by atoms with van der Waals surface area (Å²) in [6, 6.07) is 13.0. The molecule has 0 aliphatic carbocycles. The number of benzene rings is 2. The second-order valence-electron chi connectivity index (χ2n) is 3.84. The van der Waals surface area contributed by atoms with Gasteiger partial charge in [-0.3, -0.25) is 4.79 Å². The smallest absolute Gasteiger partial charge is 0.216 e. The molecule has 19 heavy (non-hydrogen) atoms. The molecule has 5 heteroatoms. The van der Waals surface area contributed by atoms with Gasteiger partial charge in [0.05, 0.1) is 7.11 Å². The van der Waals surface area contributed by atoms with Gasteiger partial charge in [-0.2, -0.15) is 0 Å². The normalized spacial score (nSPS) is 11.9. The number of hydrogen-bond acceptors (Lipinski definition) is 4. The van der Waals surface area contributed by atoms with Gasteiger partial charge in [0, 0.05) is 10.9 Å². The first-order valence-corrected chi connectivity index (χ1v) is 6.88. The Labute approximate surface area is 112 Å². The Morgan fingerprint density at radius 1 is 1.16 bits per heavy atom. The molecule has 2 rings (SSSR count). The predicted molar refractivity (Wildman–Crippen MR) is 74.2 cm³/mol. The lowest BCUT2D eigenvalue weighted by molar-refractivity contribution is 0.107. The average molecular weight is 276 g/mol. The molecule has 1 atom stereocenters. The Morgan fingerprint density at radius 2 is 1.84 bits per heavy atom. The van der Waals surface area contributed by atoms with E-state index >= 15 is 0 Å². The van der Waals surface area contributed by atoms with E-state index < -0.39 is 8.15 Å². The summed E-state index contributed by atoms with van der Waals surface area (Å²) in [6.45, 7) is 0. The largest absolute Gasteiger partial charge is 0.504 e. The molecule has 0 aliphatic heterocycles. The molecule has 0 bridgehead atoms. The third kappa shape index (κ3) is 2.92. The maximum absolute atomic E-state index is 12.2. The van der Waals surface area contributed by atoms with Gasteiger partial charge in [0.2, 0.25) is 5.52 Å². The van der Waals surface area contributed by atoms with Crippen molar-refractivity contribution in [3.05, 3.63) is 54.1 Å². The van der Waals surface area contributed by atoms with E-state index in [0.717, 1.165) is 0 Å². The van der Waals surface area contributed by atoms with Gasteiger partial charge in [-0.05, 0) is 18.2 Å². The summed E-state index contributed by atoms with van der Waals surface area (Å²) in [5.74, 6) is 0.170. The molecule has 0 saturated carbocycles. The molecule has 0 spiro atoms. The number of phenols is 1. The molecule has 2 aromatic carbocycles. The minimum atomic E-state index is -1.92. The summed E-state index contributed by atoms with van der Waals surface area (Å²) in [6.07, 6.45) is 0. The zero-order valence-corrected chi connectivity index (χ0v) is 11.2. The standard InChI is InChI=1S/C14H13O4P/c1-18-13-9-10(7-8-12(13)15)14(16)19(17)11-5-3-2-4-6-11/h2-9,15,17H,1H3. The van der Waals surface area contributed by atoms with Gasteiger partial charge >= 0.3 is 0 Å². The van der Waals surface area contributed by atoms with Crippen molar-refractivity contribution in [3.63, 3.8) is 0 Å². The monoisotopic (exact) mass is 276 g/mol. The molecular weight excluding hydrogens is 263 g/mol. The van der Waals surface area contributed by atoms with E-state index in [2.05, 4.69) is 0 Å². The van der Waals surface area contributed by atoms with E-state index in [0.29, 0.717) is 10.9 Å². The van der Waals surface area contributed by atoms with Crippen molar-refractivity contribution in [1.29, 1.82) is 0 Å². The second-order valence-corrected chi connectivity index (χ2v) is 5.39. The van der Waals surface area contributed by atoms with Crippen LogP contribution in [0.25, 0.3) is 0 Å². The molecule has 2 aromatic rings. The Morgan fingerprint density at radius 3 is 2.47 bits per heavy atom. The number of carbonyl (C=O) groups is 1. The van der Waals surface area contributed by atoms with Gasteiger partial charge in [0.1, 0.15) is 8.15 Å². The van der Waals surface area contributed by atoms with Gasteiger partial charge in [-0.1, -0.05) is 30.3 Å². The van der Waals surface area contributed by atoms with E-state index in [9.17, 15) is 14.8 Å². The van der Waals surface area contributed by atoms with Gasteiger partial charge in [-0.25, -0.2) is 0 Å². The lowest BCUT2D eigenvalue weighted by atomic mass is 10.2. The van der Waals surface area contributed by atoms with Crippen LogP contribution in [-0.2, 0) is 0 Å². The summed E-state index contributed by atoms with van der Waals surface area (Å²) in [5, 5.41) is 10.1. The minimum Gasteiger partial charge on any atom is -0.504 e. The van der Waals surface area contributed by atoms with Crippen LogP contribution in [0.2, 0.25) is 0 Å². The highest BCUT2D eigenvalue weighted by Crippen LogP contribution is 2.36. The molecule has 0 aromatic heterocycles.